The third-order valence-corrected chi connectivity index (χ3v) is 10.3. The predicted molar refractivity (Wildman–Crippen MR) is 213 cm³/mol. The molecule has 6 atom stereocenters. The van der Waals surface area contributed by atoms with Crippen LogP contribution in [0.15, 0.2) is 139 Å². The molecule has 0 aliphatic carbocycles. The number of hydrazone groups is 1. The molecule has 0 radical (unpaired) electrons. The Kier molecular flexibility index (Phi) is 13.1. The second kappa shape index (κ2) is 18.8. The van der Waals surface area contributed by atoms with Gasteiger partial charge in [0.05, 0.1) is 36.3 Å². The molecule has 2 heterocycles. The summed E-state index contributed by atoms with van der Waals surface area (Å²) in [5, 5.41) is 15.0. The van der Waals surface area contributed by atoms with E-state index in [4.69, 9.17) is 23.7 Å². The van der Waals surface area contributed by atoms with Crippen LogP contribution in [0.3, 0.4) is 0 Å². The van der Waals surface area contributed by atoms with E-state index < -0.39 is 79.6 Å². The molecule has 316 valence electrons. The minimum atomic E-state index is -4.95. The van der Waals surface area contributed by atoms with E-state index >= 15 is 17.6 Å². The summed E-state index contributed by atoms with van der Waals surface area (Å²) in [6, 6.07) is 35.2. The van der Waals surface area contributed by atoms with Gasteiger partial charge >= 0.3 is 24.1 Å². The van der Waals surface area contributed by atoms with Gasteiger partial charge in [-0.15, -0.1) is 0 Å². The minimum Gasteiger partial charge on any atom is -0.497 e. The molecule has 2 aliphatic heterocycles. The first-order chi connectivity index (χ1) is 29.4. The van der Waals surface area contributed by atoms with Gasteiger partial charge in [0, 0.05) is 6.42 Å². The maximum atomic E-state index is 16.3. The Bertz CT molecular complexity index is 2350. The lowest BCUT2D eigenvalue weighted by Gasteiger charge is -2.40. The van der Waals surface area contributed by atoms with Crippen molar-refractivity contribution in [3.05, 3.63) is 161 Å². The third kappa shape index (κ3) is 10.2. The molecular weight excluding hydrogens is 801 g/mol. The normalized spacial score (nSPS) is 21.3. The Morgan fingerprint density at radius 1 is 0.820 bits per heavy atom. The number of hydrogen-bond donors (Lipinski definition) is 1. The fourth-order valence-corrected chi connectivity index (χ4v) is 7.29. The number of carboxylic acid groups (broad SMARTS) is 1. The highest BCUT2D eigenvalue weighted by Crippen LogP contribution is 2.40. The number of alkyl halides is 4. The van der Waals surface area contributed by atoms with E-state index in [0.29, 0.717) is 28.0 Å². The summed E-state index contributed by atoms with van der Waals surface area (Å²) in [5.74, 6) is -4.00. The molecule has 0 saturated carbocycles. The maximum absolute atomic E-state index is 16.3. The van der Waals surface area contributed by atoms with Gasteiger partial charge < -0.3 is 28.8 Å². The largest absolute Gasteiger partial charge is 0.497 e. The monoisotopic (exact) mass is 840 g/mol. The predicted octanol–water partition coefficient (Wildman–Crippen LogP) is 8.53. The highest BCUT2D eigenvalue weighted by atomic mass is 19.4. The number of nitrogens with zero attached hydrogens (tertiary/aromatic N) is 2. The van der Waals surface area contributed by atoms with Crippen molar-refractivity contribution in [2.24, 2.45) is 11.0 Å². The van der Waals surface area contributed by atoms with Crippen LogP contribution in [-0.2, 0) is 31.9 Å². The molecule has 15 heteroatoms. The number of rotatable bonds is 14. The van der Waals surface area contributed by atoms with Crippen molar-refractivity contribution in [1.29, 1.82) is 0 Å². The van der Waals surface area contributed by atoms with Crippen molar-refractivity contribution in [3.8, 4) is 16.9 Å². The number of carbonyl (C=O) groups is 3. The van der Waals surface area contributed by atoms with Crippen molar-refractivity contribution in [1.82, 2.24) is 5.01 Å². The molecule has 11 nitrogen and oxygen atoms in total. The molecule has 0 spiro atoms. The van der Waals surface area contributed by atoms with Crippen LogP contribution in [0, 0.1) is 5.92 Å². The van der Waals surface area contributed by atoms with Crippen molar-refractivity contribution in [3.63, 3.8) is 0 Å². The molecule has 5 aromatic rings. The molecule has 2 aliphatic rings. The molecule has 0 amide bonds. The number of methoxy groups -OCH3 is 1. The van der Waals surface area contributed by atoms with Gasteiger partial charge in [0.15, 0.2) is 18.7 Å². The molecule has 1 fully saturated rings. The highest BCUT2D eigenvalue weighted by Gasteiger charge is 2.53. The average molecular weight is 841 g/mol. The van der Waals surface area contributed by atoms with Crippen LogP contribution in [0.25, 0.3) is 11.1 Å². The summed E-state index contributed by atoms with van der Waals surface area (Å²) in [7, 11) is 1.43. The lowest BCUT2D eigenvalue weighted by Crippen LogP contribution is -2.53. The smallest absolute Gasteiger partial charge is 0.431 e. The van der Waals surface area contributed by atoms with E-state index in [1.807, 2.05) is 0 Å². The Balaban J connectivity index is 1.25. The zero-order chi connectivity index (χ0) is 43.1. The van der Waals surface area contributed by atoms with Gasteiger partial charge in [0.25, 0.3) is 0 Å². The molecule has 5 unspecified atom stereocenters. The minimum absolute atomic E-state index is 0.0351. The zero-order valence-corrected chi connectivity index (χ0v) is 32.6. The molecule has 7 rings (SSSR count). The number of hydrogen-bond acceptors (Lipinski definition) is 10. The number of carbonyl (C=O) groups excluding carboxylic acids is 2. The maximum Gasteiger partial charge on any atom is 0.431 e. The number of ether oxygens (including phenoxy) is 5. The van der Waals surface area contributed by atoms with E-state index in [0.717, 1.165) is 5.01 Å². The molecule has 1 N–H and O–H groups in total. The Morgan fingerprint density at radius 3 is 2.10 bits per heavy atom. The molecule has 0 bridgehead atoms. The van der Waals surface area contributed by atoms with Gasteiger partial charge in [-0.2, -0.15) is 18.3 Å². The van der Waals surface area contributed by atoms with Crippen LogP contribution in [-0.4, -0.2) is 84.5 Å². The van der Waals surface area contributed by atoms with E-state index in [1.165, 1.54) is 49.6 Å². The van der Waals surface area contributed by atoms with E-state index in [1.54, 1.807) is 91.0 Å². The second-order valence-electron chi connectivity index (χ2n) is 14.4. The molecule has 0 aromatic heterocycles. The number of halogens is 4. The van der Waals surface area contributed by atoms with Gasteiger partial charge in [0.1, 0.15) is 30.3 Å². The van der Waals surface area contributed by atoms with Crippen LogP contribution in [0.5, 0.6) is 5.75 Å². The van der Waals surface area contributed by atoms with Crippen molar-refractivity contribution >= 4 is 23.6 Å². The van der Waals surface area contributed by atoms with E-state index in [2.05, 4.69) is 5.10 Å². The SMILES string of the molecule is COc1ccc(CC2C(C(F)(F)F)=NN(Cc3ccccc3)C2OC2CC(OC(=O)c3ccccc3)[C@H](F)C(COC(=O)c3ccccc3)O2)c(-c2cccc(C(=O)O)c2)c1. The zero-order valence-electron chi connectivity index (χ0n) is 32.6. The number of benzene rings is 5. The lowest BCUT2D eigenvalue weighted by atomic mass is 9.88. The summed E-state index contributed by atoms with van der Waals surface area (Å²) < 4.78 is 90.9. The highest BCUT2D eigenvalue weighted by molar-refractivity contribution is 5.94. The molecular formula is C46H40F4N2O9. The van der Waals surface area contributed by atoms with Gasteiger partial charge in [0.2, 0.25) is 0 Å². The van der Waals surface area contributed by atoms with E-state index in [9.17, 15) is 19.5 Å². The van der Waals surface area contributed by atoms with Crippen molar-refractivity contribution < 1.29 is 60.7 Å². The number of carboxylic acids is 1. The Labute approximate surface area is 348 Å². The van der Waals surface area contributed by atoms with Crippen LogP contribution in [0.2, 0.25) is 0 Å². The van der Waals surface area contributed by atoms with Gasteiger partial charge in [-0.1, -0.05) is 84.9 Å². The summed E-state index contributed by atoms with van der Waals surface area (Å²) in [6.07, 6.45) is -13.9. The van der Waals surface area contributed by atoms with Crippen LogP contribution in [0.1, 0.15) is 48.6 Å². The van der Waals surface area contributed by atoms with Crippen LogP contribution >= 0.6 is 0 Å². The van der Waals surface area contributed by atoms with Gasteiger partial charge in [-0.3, -0.25) is 5.01 Å². The molecule has 5 aromatic carbocycles. The second-order valence-corrected chi connectivity index (χ2v) is 14.4. The molecule has 61 heavy (non-hydrogen) atoms. The Morgan fingerprint density at radius 2 is 1.46 bits per heavy atom. The van der Waals surface area contributed by atoms with Gasteiger partial charge in [-0.25, -0.2) is 18.8 Å². The Hall–Kier alpha value is -6.58. The standard InChI is InChI=1S/C46H40F4N2O9/c1-57-34-21-20-32(35(24-34)31-18-11-19-33(22-31)43(53)54)23-36-41(46(48,49)50)51-52(26-28-12-5-2-6-13-28)42(36)61-39-25-37(60-45(56)30-16-9-4-10-17-30)40(47)38(59-39)27-58-44(55)29-14-7-3-8-15-29/h2-22,24,36-40,42H,23,25-27H2,1H3,(H,53,54)/t36?,37?,38?,39?,40-,42?/m0/s1. The van der Waals surface area contributed by atoms with Crippen LogP contribution < -0.4 is 4.74 Å². The quantitative estimate of drug-likeness (QED) is 0.0857. The first kappa shape index (κ1) is 42.5. The number of aromatic carboxylic acids is 1. The fourth-order valence-electron chi connectivity index (χ4n) is 7.29. The lowest BCUT2D eigenvalue weighted by molar-refractivity contribution is -0.278. The van der Waals surface area contributed by atoms with Gasteiger partial charge in [-0.05, 0) is 77.2 Å². The fraction of sp³-hybridized carbons (Fsp3) is 0.261. The van der Waals surface area contributed by atoms with E-state index in [-0.39, 0.29) is 29.7 Å². The topological polar surface area (TPSA) is 133 Å². The summed E-state index contributed by atoms with van der Waals surface area (Å²) in [4.78, 5) is 38.0. The molecule has 1 saturated heterocycles. The summed E-state index contributed by atoms with van der Waals surface area (Å²) in [5.41, 5.74) is 0.927. The summed E-state index contributed by atoms with van der Waals surface area (Å²) in [6.45, 7) is -0.786. The van der Waals surface area contributed by atoms with Crippen LogP contribution in [0.4, 0.5) is 17.6 Å². The summed E-state index contributed by atoms with van der Waals surface area (Å²) >= 11 is 0. The van der Waals surface area contributed by atoms with Crippen molar-refractivity contribution in [2.75, 3.05) is 13.7 Å². The first-order valence-corrected chi connectivity index (χ1v) is 19.3. The van der Waals surface area contributed by atoms with Crippen molar-refractivity contribution in [2.45, 2.75) is 56.5 Å². The third-order valence-electron chi connectivity index (χ3n) is 10.3. The number of esters is 2. The average Bonchev–Trinajstić information content (AvgIpc) is 3.61. The first-order valence-electron chi connectivity index (χ1n) is 19.3.